The van der Waals surface area contributed by atoms with E-state index in [0.29, 0.717) is 6.04 Å². The Kier molecular flexibility index (Phi) is 3.47. The second-order valence-corrected chi connectivity index (χ2v) is 7.98. The summed E-state index contributed by atoms with van der Waals surface area (Å²) in [5.74, 6) is -0.204. The lowest BCUT2D eigenvalue weighted by Gasteiger charge is -2.45. The van der Waals surface area contributed by atoms with Crippen molar-refractivity contribution in [3.05, 3.63) is 35.9 Å². The van der Waals surface area contributed by atoms with E-state index < -0.39 is 5.60 Å². The molecule has 0 bridgehead atoms. The highest BCUT2D eigenvalue weighted by atomic mass is 16.6. The fraction of sp³-hybridized carbons (Fsp3) is 0.550. The van der Waals surface area contributed by atoms with E-state index in [4.69, 9.17) is 4.74 Å². The van der Waals surface area contributed by atoms with Crippen molar-refractivity contribution < 1.29 is 9.53 Å². The largest absolute Gasteiger partial charge is 0.450 e. The molecule has 0 radical (unpaired) electrons. The molecular weight excluding hydrogens is 328 g/mol. The fourth-order valence-corrected chi connectivity index (χ4v) is 5.21. The number of hydrogen-bond donors (Lipinski definition) is 0. The summed E-state index contributed by atoms with van der Waals surface area (Å²) in [4.78, 5) is 14.7. The summed E-state index contributed by atoms with van der Waals surface area (Å²) in [5.41, 5.74) is 2.55. The van der Waals surface area contributed by atoms with Crippen molar-refractivity contribution in [2.24, 2.45) is 0 Å². The number of piperidine rings is 1. The maximum atomic E-state index is 12.1. The Labute approximate surface area is 152 Å². The molecule has 0 saturated carbocycles. The van der Waals surface area contributed by atoms with Gasteiger partial charge in [-0.1, -0.05) is 23.8 Å². The topological polar surface area (TPSA) is 60.3 Å². The number of hydrogen-bond acceptors (Lipinski definition) is 5. The van der Waals surface area contributed by atoms with Crippen LogP contribution in [-0.4, -0.2) is 50.1 Å². The van der Waals surface area contributed by atoms with Gasteiger partial charge in [-0.25, -0.2) is 9.48 Å². The lowest BCUT2D eigenvalue weighted by molar-refractivity contribution is -0.151. The predicted molar refractivity (Wildman–Crippen MR) is 97.6 cm³/mol. The molecule has 0 spiro atoms. The van der Waals surface area contributed by atoms with Crippen LogP contribution in [0.15, 0.2) is 35.9 Å². The molecular formula is C20H24N4O2. The molecule has 4 atom stereocenters. The zero-order valence-electron chi connectivity index (χ0n) is 15.3. The van der Waals surface area contributed by atoms with Crippen LogP contribution in [0.3, 0.4) is 0 Å². The Morgan fingerprint density at radius 1 is 1.27 bits per heavy atom. The molecule has 3 aliphatic rings. The highest BCUT2D eigenvalue weighted by molar-refractivity contribution is 5.87. The number of nitrogens with zero attached hydrogens (tertiary/aromatic N) is 4. The SMILES string of the molecule is C[C@H]1C(n2nnc3ccccc32)CC2=CC(=O)O[C@]2(C)[C@H]2CCCCN12. The van der Waals surface area contributed by atoms with Crippen molar-refractivity contribution in [2.75, 3.05) is 6.54 Å². The molecule has 2 fully saturated rings. The minimum absolute atomic E-state index is 0.130. The molecule has 4 heterocycles. The van der Waals surface area contributed by atoms with Crippen molar-refractivity contribution in [3.8, 4) is 0 Å². The average Bonchev–Trinajstić information content (AvgIpc) is 3.18. The van der Waals surface area contributed by atoms with E-state index in [1.54, 1.807) is 6.08 Å². The number of para-hydroxylation sites is 1. The summed E-state index contributed by atoms with van der Waals surface area (Å²) in [6.45, 7) is 5.42. The van der Waals surface area contributed by atoms with Crippen LogP contribution in [0.5, 0.6) is 0 Å². The van der Waals surface area contributed by atoms with E-state index in [-0.39, 0.29) is 18.1 Å². The number of rotatable bonds is 1. The molecule has 136 valence electrons. The summed E-state index contributed by atoms with van der Waals surface area (Å²) >= 11 is 0. The number of carbonyl (C=O) groups is 1. The number of aromatic nitrogens is 3. The molecule has 3 aliphatic heterocycles. The van der Waals surface area contributed by atoms with Gasteiger partial charge in [0.25, 0.3) is 0 Å². The zero-order valence-corrected chi connectivity index (χ0v) is 15.3. The van der Waals surface area contributed by atoms with Gasteiger partial charge in [0.05, 0.1) is 17.6 Å². The van der Waals surface area contributed by atoms with Gasteiger partial charge in [-0.2, -0.15) is 0 Å². The number of benzene rings is 1. The van der Waals surface area contributed by atoms with Gasteiger partial charge in [-0.15, -0.1) is 5.10 Å². The van der Waals surface area contributed by atoms with E-state index in [2.05, 4.69) is 39.8 Å². The van der Waals surface area contributed by atoms with E-state index in [1.807, 2.05) is 18.2 Å². The maximum absolute atomic E-state index is 12.1. The Morgan fingerprint density at radius 2 is 2.12 bits per heavy atom. The van der Waals surface area contributed by atoms with E-state index in [9.17, 15) is 4.79 Å². The first kappa shape index (κ1) is 16.0. The van der Waals surface area contributed by atoms with Gasteiger partial charge in [-0.3, -0.25) is 4.90 Å². The maximum Gasteiger partial charge on any atom is 0.331 e. The van der Waals surface area contributed by atoms with Crippen LogP contribution in [0.25, 0.3) is 11.0 Å². The second-order valence-electron chi connectivity index (χ2n) is 7.98. The Morgan fingerprint density at radius 3 is 3.00 bits per heavy atom. The van der Waals surface area contributed by atoms with Gasteiger partial charge in [0.15, 0.2) is 0 Å². The number of esters is 1. The minimum atomic E-state index is -0.517. The van der Waals surface area contributed by atoms with E-state index in [0.717, 1.165) is 36.0 Å². The predicted octanol–water partition coefficient (Wildman–Crippen LogP) is 2.86. The summed E-state index contributed by atoms with van der Waals surface area (Å²) < 4.78 is 7.94. The van der Waals surface area contributed by atoms with Gasteiger partial charge in [0.1, 0.15) is 11.1 Å². The first-order valence-corrected chi connectivity index (χ1v) is 9.57. The summed E-state index contributed by atoms with van der Waals surface area (Å²) in [6.07, 6.45) is 5.93. The first-order chi connectivity index (χ1) is 12.6. The van der Waals surface area contributed by atoms with Crippen LogP contribution in [-0.2, 0) is 9.53 Å². The molecule has 2 saturated heterocycles. The minimum Gasteiger partial charge on any atom is -0.450 e. The third-order valence-corrected chi connectivity index (χ3v) is 6.62. The van der Waals surface area contributed by atoms with Crippen LogP contribution in [0.4, 0.5) is 0 Å². The quantitative estimate of drug-likeness (QED) is 0.739. The van der Waals surface area contributed by atoms with Gasteiger partial charge in [0.2, 0.25) is 0 Å². The molecule has 0 amide bonds. The van der Waals surface area contributed by atoms with Crippen LogP contribution < -0.4 is 0 Å². The van der Waals surface area contributed by atoms with Crippen LogP contribution >= 0.6 is 0 Å². The zero-order chi connectivity index (χ0) is 17.9. The molecule has 1 aromatic carbocycles. The normalized spacial score (nSPS) is 34.8. The summed E-state index contributed by atoms with van der Waals surface area (Å²) in [6, 6.07) is 8.75. The van der Waals surface area contributed by atoms with Crippen LogP contribution in [0.1, 0.15) is 45.6 Å². The molecule has 1 unspecified atom stereocenters. The van der Waals surface area contributed by atoms with Crippen molar-refractivity contribution in [2.45, 2.75) is 63.3 Å². The third-order valence-electron chi connectivity index (χ3n) is 6.62. The molecule has 26 heavy (non-hydrogen) atoms. The molecule has 2 aromatic rings. The molecule has 0 aliphatic carbocycles. The number of fused-ring (bicyclic) bond motifs is 4. The molecule has 1 aromatic heterocycles. The second kappa shape index (κ2) is 5.64. The van der Waals surface area contributed by atoms with Gasteiger partial charge in [-0.05, 0) is 57.4 Å². The van der Waals surface area contributed by atoms with Gasteiger partial charge in [0, 0.05) is 12.1 Å². The first-order valence-electron chi connectivity index (χ1n) is 9.57. The lowest BCUT2D eigenvalue weighted by atomic mass is 9.82. The van der Waals surface area contributed by atoms with Gasteiger partial charge < -0.3 is 4.74 Å². The highest BCUT2D eigenvalue weighted by Crippen LogP contribution is 2.47. The third kappa shape index (κ3) is 2.18. The Hall–Kier alpha value is -2.21. The van der Waals surface area contributed by atoms with E-state index >= 15 is 0 Å². The smallest absolute Gasteiger partial charge is 0.331 e. The van der Waals surface area contributed by atoms with Crippen molar-refractivity contribution >= 4 is 17.0 Å². The molecule has 6 nitrogen and oxygen atoms in total. The van der Waals surface area contributed by atoms with Crippen molar-refractivity contribution in [1.82, 2.24) is 19.9 Å². The Bertz CT molecular complexity index is 904. The standard InChI is InChI=1S/C20H24N4O2/c1-13-17(24-16-8-4-3-7-15(16)21-22-24)11-14-12-19(25)26-20(14,2)18-9-5-6-10-23(13)18/h3-4,7-8,12-13,17-18H,5-6,9-11H2,1-2H3/t13-,17?,18+,20-/m0/s1. The monoisotopic (exact) mass is 352 g/mol. The average molecular weight is 352 g/mol. The van der Waals surface area contributed by atoms with Crippen LogP contribution in [0, 0.1) is 0 Å². The van der Waals surface area contributed by atoms with Gasteiger partial charge >= 0.3 is 5.97 Å². The van der Waals surface area contributed by atoms with Crippen LogP contribution in [0.2, 0.25) is 0 Å². The summed E-state index contributed by atoms with van der Waals surface area (Å²) in [7, 11) is 0. The Balaban J connectivity index is 1.64. The lowest BCUT2D eigenvalue weighted by Crippen LogP contribution is -2.56. The highest BCUT2D eigenvalue weighted by Gasteiger charge is 2.53. The molecule has 6 heteroatoms. The van der Waals surface area contributed by atoms with Crippen molar-refractivity contribution in [1.29, 1.82) is 0 Å². The number of ether oxygens (including phenoxy) is 1. The van der Waals surface area contributed by atoms with E-state index in [1.165, 1.54) is 12.8 Å². The summed E-state index contributed by atoms with van der Waals surface area (Å²) in [5, 5.41) is 8.85. The fourth-order valence-electron chi connectivity index (χ4n) is 5.21. The molecule has 5 rings (SSSR count). The molecule has 0 N–H and O–H groups in total. The van der Waals surface area contributed by atoms with Crippen molar-refractivity contribution in [3.63, 3.8) is 0 Å². The number of carbonyl (C=O) groups excluding carboxylic acids is 1.